The van der Waals surface area contributed by atoms with Crippen molar-refractivity contribution in [3.8, 4) is 0 Å². The molecule has 18 heavy (non-hydrogen) atoms. The normalized spacial score (nSPS) is 15.3. The summed E-state index contributed by atoms with van der Waals surface area (Å²) in [5.41, 5.74) is 1.53. The Hall–Kier alpha value is -1.66. The molecule has 2 rings (SSSR count). The second-order valence-electron chi connectivity index (χ2n) is 4.11. The predicted molar refractivity (Wildman–Crippen MR) is 65.1 cm³/mol. The predicted octanol–water partition coefficient (Wildman–Crippen LogP) is 0.470. The fourth-order valence-corrected chi connectivity index (χ4v) is 1.74. The number of rotatable bonds is 5. The molecule has 0 aromatic carbocycles. The summed E-state index contributed by atoms with van der Waals surface area (Å²) >= 11 is 0. The van der Waals surface area contributed by atoms with Crippen LogP contribution in [0.5, 0.6) is 0 Å². The highest BCUT2D eigenvalue weighted by Gasteiger charge is 2.13. The molecule has 0 saturated carbocycles. The van der Waals surface area contributed by atoms with Gasteiger partial charge in [-0.15, -0.1) is 0 Å². The van der Waals surface area contributed by atoms with Gasteiger partial charge in [0, 0.05) is 26.3 Å². The topological polar surface area (TPSA) is 76.4 Å². The molecule has 0 aliphatic carbocycles. The first kappa shape index (κ1) is 12.8. The Labute approximate surface area is 105 Å². The Morgan fingerprint density at radius 1 is 1.67 bits per heavy atom. The van der Waals surface area contributed by atoms with E-state index in [-0.39, 0.29) is 11.6 Å². The van der Waals surface area contributed by atoms with Gasteiger partial charge in [-0.25, -0.2) is 0 Å². The molecule has 1 aromatic heterocycles. The molecule has 0 saturated heterocycles. The quantitative estimate of drug-likeness (QED) is 0.744. The lowest BCUT2D eigenvalue weighted by Gasteiger charge is -2.13. The summed E-state index contributed by atoms with van der Waals surface area (Å²) in [7, 11) is 1.56. The van der Waals surface area contributed by atoms with E-state index in [2.05, 4.69) is 21.9 Å². The Morgan fingerprint density at radius 2 is 2.56 bits per heavy atom. The van der Waals surface area contributed by atoms with Crippen LogP contribution in [0.4, 0.5) is 0 Å². The number of aromatic nitrogens is 1. The van der Waals surface area contributed by atoms with E-state index in [4.69, 9.17) is 9.26 Å². The minimum absolute atomic E-state index is 0.222. The maximum atomic E-state index is 11.8. The van der Waals surface area contributed by atoms with Gasteiger partial charge in [0.2, 0.25) is 0 Å². The number of ether oxygens (including phenoxy) is 1. The average molecular weight is 251 g/mol. The van der Waals surface area contributed by atoms with Crippen molar-refractivity contribution in [3.05, 3.63) is 29.2 Å². The third kappa shape index (κ3) is 3.41. The summed E-state index contributed by atoms with van der Waals surface area (Å²) in [6.07, 6.45) is 3.07. The summed E-state index contributed by atoms with van der Waals surface area (Å²) in [6, 6.07) is 1.59. The van der Waals surface area contributed by atoms with Crippen molar-refractivity contribution in [2.24, 2.45) is 0 Å². The van der Waals surface area contributed by atoms with Gasteiger partial charge in [-0.05, 0) is 13.0 Å². The zero-order chi connectivity index (χ0) is 12.8. The van der Waals surface area contributed by atoms with Crippen LogP contribution in [-0.2, 0) is 11.3 Å². The second kappa shape index (κ2) is 6.32. The number of hydrogen-bond donors (Lipinski definition) is 2. The molecule has 0 unspecified atom stereocenters. The summed E-state index contributed by atoms with van der Waals surface area (Å²) < 4.78 is 9.85. The van der Waals surface area contributed by atoms with Gasteiger partial charge in [0.1, 0.15) is 6.61 Å². The standard InChI is InChI=1S/C12H17N3O3/c1-17-8-10-6-11(15-18-10)12(16)14-7-9-2-4-13-5-3-9/h2,6,13H,3-5,7-8H2,1H3,(H,14,16). The maximum Gasteiger partial charge on any atom is 0.273 e. The molecule has 1 aromatic rings. The second-order valence-corrected chi connectivity index (χ2v) is 4.11. The van der Waals surface area contributed by atoms with E-state index in [1.807, 2.05) is 0 Å². The fraction of sp³-hybridized carbons (Fsp3) is 0.500. The number of hydrogen-bond acceptors (Lipinski definition) is 5. The highest BCUT2D eigenvalue weighted by Crippen LogP contribution is 2.06. The molecule has 2 N–H and O–H groups in total. The van der Waals surface area contributed by atoms with Crippen LogP contribution in [0.25, 0.3) is 0 Å². The molecule has 0 bridgehead atoms. The molecule has 98 valence electrons. The van der Waals surface area contributed by atoms with E-state index >= 15 is 0 Å². The van der Waals surface area contributed by atoms with Crippen LogP contribution >= 0.6 is 0 Å². The number of carbonyl (C=O) groups is 1. The zero-order valence-corrected chi connectivity index (χ0v) is 10.4. The molecule has 1 aliphatic heterocycles. The summed E-state index contributed by atoms with van der Waals surface area (Å²) in [5.74, 6) is 0.323. The molecular formula is C12H17N3O3. The first-order valence-electron chi connectivity index (χ1n) is 5.91. The van der Waals surface area contributed by atoms with Gasteiger partial charge in [0.15, 0.2) is 11.5 Å². The average Bonchev–Trinajstić information content (AvgIpc) is 2.86. The molecule has 1 amide bonds. The van der Waals surface area contributed by atoms with E-state index in [1.165, 1.54) is 5.57 Å². The van der Waals surface area contributed by atoms with E-state index in [0.717, 1.165) is 19.5 Å². The van der Waals surface area contributed by atoms with Crippen molar-refractivity contribution in [1.82, 2.24) is 15.8 Å². The Bertz CT molecular complexity index is 440. The third-order valence-corrected chi connectivity index (χ3v) is 2.71. The van der Waals surface area contributed by atoms with Crippen LogP contribution in [0.15, 0.2) is 22.2 Å². The van der Waals surface area contributed by atoms with Crippen molar-refractivity contribution >= 4 is 5.91 Å². The lowest BCUT2D eigenvalue weighted by atomic mass is 10.1. The first-order chi connectivity index (χ1) is 8.79. The third-order valence-electron chi connectivity index (χ3n) is 2.71. The number of amides is 1. The maximum absolute atomic E-state index is 11.8. The van der Waals surface area contributed by atoms with E-state index < -0.39 is 0 Å². The number of methoxy groups -OCH3 is 1. The van der Waals surface area contributed by atoms with Crippen molar-refractivity contribution in [2.75, 3.05) is 26.7 Å². The summed E-state index contributed by atoms with van der Waals surface area (Å²) in [6.45, 7) is 2.71. The van der Waals surface area contributed by atoms with Gasteiger partial charge in [0.05, 0.1) is 0 Å². The number of nitrogens with one attached hydrogen (secondary N) is 2. The largest absolute Gasteiger partial charge is 0.377 e. The molecule has 0 spiro atoms. The monoisotopic (exact) mass is 251 g/mol. The van der Waals surface area contributed by atoms with Gasteiger partial charge < -0.3 is 19.9 Å². The Morgan fingerprint density at radius 3 is 3.28 bits per heavy atom. The van der Waals surface area contributed by atoms with Crippen LogP contribution in [0.2, 0.25) is 0 Å². The van der Waals surface area contributed by atoms with Crippen molar-refractivity contribution in [3.63, 3.8) is 0 Å². The molecule has 6 heteroatoms. The minimum Gasteiger partial charge on any atom is -0.377 e. The van der Waals surface area contributed by atoms with Crippen LogP contribution in [-0.4, -0.2) is 37.8 Å². The van der Waals surface area contributed by atoms with Crippen molar-refractivity contribution < 1.29 is 14.1 Å². The molecule has 0 atom stereocenters. The van der Waals surface area contributed by atoms with Gasteiger partial charge in [-0.1, -0.05) is 16.8 Å². The Kier molecular flexibility index (Phi) is 4.49. The number of nitrogens with zero attached hydrogens (tertiary/aromatic N) is 1. The Balaban J connectivity index is 1.84. The van der Waals surface area contributed by atoms with E-state index in [0.29, 0.717) is 18.9 Å². The summed E-state index contributed by atoms with van der Waals surface area (Å²) in [4.78, 5) is 11.8. The minimum atomic E-state index is -0.222. The lowest BCUT2D eigenvalue weighted by molar-refractivity contribution is 0.0947. The van der Waals surface area contributed by atoms with Gasteiger partial charge >= 0.3 is 0 Å². The molecule has 0 fully saturated rings. The highest BCUT2D eigenvalue weighted by molar-refractivity contribution is 5.92. The molecule has 2 heterocycles. The zero-order valence-electron chi connectivity index (χ0n) is 10.4. The fourth-order valence-electron chi connectivity index (χ4n) is 1.74. The van der Waals surface area contributed by atoms with Crippen LogP contribution in [0.1, 0.15) is 22.7 Å². The molecule has 1 aliphatic rings. The van der Waals surface area contributed by atoms with E-state index in [9.17, 15) is 4.79 Å². The van der Waals surface area contributed by atoms with Crippen molar-refractivity contribution in [2.45, 2.75) is 13.0 Å². The van der Waals surface area contributed by atoms with Crippen LogP contribution in [0.3, 0.4) is 0 Å². The molecule has 0 radical (unpaired) electrons. The van der Waals surface area contributed by atoms with Gasteiger partial charge in [-0.3, -0.25) is 4.79 Å². The molecule has 6 nitrogen and oxygen atoms in total. The van der Waals surface area contributed by atoms with Gasteiger partial charge in [-0.2, -0.15) is 0 Å². The van der Waals surface area contributed by atoms with Crippen LogP contribution < -0.4 is 10.6 Å². The molecular weight excluding hydrogens is 234 g/mol. The van der Waals surface area contributed by atoms with Crippen LogP contribution in [0, 0.1) is 0 Å². The highest BCUT2D eigenvalue weighted by atomic mass is 16.5. The first-order valence-corrected chi connectivity index (χ1v) is 5.91. The number of carbonyl (C=O) groups excluding carboxylic acids is 1. The lowest BCUT2D eigenvalue weighted by Crippen LogP contribution is -2.29. The van der Waals surface area contributed by atoms with Gasteiger partial charge in [0.25, 0.3) is 5.91 Å². The SMILES string of the molecule is COCc1cc(C(=O)NCC2=CCNCC2)no1. The van der Waals surface area contributed by atoms with Crippen molar-refractivity contribution in [1.29, 1.82) is 0 Å². The summed E-state index contributed by atoms with van der Waals surface area (Å²) in [5, 5.41) is 9.75. The smallest absolute Gasteiger partial charge is 0.273 e. The van der Waals surface area contributed by atoms with E-state index in [1.54, 1.807) is 13.2 Å².